The Morgan fingerprint density at radius 1 is 0.913 bits per heavy atom. The summed E-state index contributed by atoms with van der Waals surface area (Å²) in [5.74, 6) is 1.72. The van der Waals surface area contributed by atoms with E-state index in [2.05, 4.69) is 44.3 Å². The number of aliphatic hydroxyl groups is 1. The zero-order valence-electron chi connectivity index (χ0n) is 39.8. The largest absolute Gasteiger partial charge is 0.495 e. The Morgan fingerprint density at radius 2 is 1.67 bits per heavy atom. The number of aromatic amines is 1. The zero-order valence-corrected chi connectivity index (χ0v) is 39.8. The number of fused-ring (bicyclic) bond motifs is 1. The Balaban J connectivity index is 0.745. The lowest BCUT2D eigenvalue weighted by atomic mass is 9.93. The summed E-state index contributed by atoms with van der Waals surface area (Å²) in [6.45, 7) is 11.9. The van der Waals surface area contributed by atoms with Gasteiger partial charge in [0.15, 0.2) is 0 Å². The number of amides is 6. The number of nitrogens with one attached hydrogen (secondary N) is 3. The lowest BCUT2D eigenvalue weighted by molar-refractivity contribution is -0.120. The molecular formula is C52H62FN9O7. The Bertz CT molecular complexity index is 2690. The molecular weight excluding hydrogens is 882 g/mol. The van der Waals surface area contributed by atoms with Gasteiger partial charge in [0.2, 0.25) is 5.91 Å². The van der Waals surface area contributed by atoms with E-state index >= 15 is 4.39 Å². The third-order valence-corrected chi connectivity index (χ3v) is 14.3. The normalized spacial score (nSPS) is 19.7. The molecule has 0 unspecified atom stereocenters. The van der Waals surface area contributed by atoms with Crippen molar-refractivity contribution in [2.75, 3.05) is 76.3 Å². The lowest BCUT2D eigenvalue weighted by Gasteiger charge is -2.37. The standard InChI is InChI=1S/C52H62FN9O7/c1-31(2)21-37-27-61(28-45(37)63)51(66)57-42-24-38(53)23-40(32(42)3)48-41-25-43(56-49(41)55-30-54-48)35-5-8-39(9-6-35)69-29-34-11-16-59(17-12-34)26-33-13-18-60(19-14-33)50(65)36-7-10-46(68-4)44(22-36)62-20-15-47(64)58-52(62)67/h5-10,22-25,30-31,33-34,37,45,63H,11-21,26-29H2,1-4H3,(H,57,66)(H,54,55,56)(H,58,64,67)/t37-,45-/m0/s1. The maximum Gasteiger partial charge on any atom is 0.328 e. The monoisotopic (exact) mass is 943 g/mol. The molecule has 2 aromatic heterocycles. The van der Waals surface area contributed by atoms with Crippen LogP contribution in [0.1, 0.15) is 68.3 Å². The smallest absolute Gasteiger partial charge is 0.328 e. The number of urea groups is 2. The van der Waals surface area contributed by atoms with Crippen LogP contribution in [0.25, 0.3) is 33.5 Å². The van der Waals surface area contributed by atoms with Crippen LogP contribution in [0.15, 0.2) is 67.0 Å². The van der Waals surface area contributed by atoms with Crippen LogP contribution >= 0.6 is 0 Å². The SMILES string of the molecule is COc1ccc(C(=O)N2CCC(CN3CCC(COc4ccc(-c5cc6c(-c7cc(F)cc(NC(=O)N8C[C@H](CC(C)C)[C@@H](O)C8)c7C)ncnc6[nH]5)cc4)CC3)CC2)cc1N1CCC(=O)NC1=O. The third kappa shape index (κ3) is 10.7. The van der Waals surface area contributed by atoms with Crippen molar-refractivity contribution < 1.29 is 38.1 Å². The van der Waals surface area contributed by atoms with Crippen molar-refractivity contribution in [3.8, 4) is 34.0 Å². The van der Waals surface area contributed by atoms with Gasteiger partial charge >= 0.3 is 12.1 Å². The second-order valence-electron chi connectivity index (χ2n) is 19.5. The number of benzene rings is 3. The first-order valence-electron chi connectivity index (χ1n) is 24.2. The highest BCUT2D eigenvalue weighted by molar-refractivity contribution is 6.07. The molecule has 3 aromatic carbocycles. The molecule has 4 N–H and O–H groups in total. The molecule has 4 fully saturated rings. The third-order valence-electron chi connectivity index (χ3n) is 14.3. The number of likely N-dealkylation sites (tertiary alicyclic amines) is 3. The van der Waals surface area contributed by atoms with Crippen molar-refractivity contribution in [1.29, 1.82) is 0 Å². The zero-order chi connectivity index (χ0) is 48.3. The molecule has 0 saturated carbocycles. The summed E-state index contributed by atoms with van der Waals surface area (Å²) in [7, 11) is 1.52. The van der Waals surface area contributed by atoms with Crippen LogP contribution in [0.2, 0.25) is 0 Å². The summed E-state index contributed by atoms with van der Waals surface area (Å²) in [6.07, 6.45) is 5.82. The van der Waals surface area contributed by atoms with E-state index in [1.165, 1.54) is 30.5 Å². The minimum atomic E-state index is -0.589. The van der Waals surface area contributed by atoms with Crippen LogP contribution in [-0.2, 0) is 4.79 Å². The van der Waals surface area contributed by atoms with E-state index in [1.807, 2.05) is 42.2 Å². The molecule has 0 spiro atoms. The number of carbonyl (C=O) groups is 4. The van der Waals surface area contributed by atoms with E-state index in [-0.39, 0.29) is 43.3 Å². The van der Waals surface area contributed by atoms with E-state index in [0.29, 0.717) is 89.2 Å². The van der Waals surface area contributed by atoms with E-state index in [9.17, 15) is 24.3 Å². The number of aromatic nitrogens is 3. The highest BCUT2D eigenvalue weighted by Gasteiger charge is 2.35. The first-order valence-corrected chi connectivity index (χ1v) is 24.2. The van der Waals surface area contributed by atoms with Gasteiger partial charge in [0, 0.05) is 79.5 Å². The van der Waals surface area contributed by atoms with Gasteiger partial charge in [-0.2, -0.15) is 0 Å². The number of rotatable bonds is 13. The maximum absolute atomic E-state index is 15.2. The number of halogens is 1. The number of ether oxygens (including phenoxy) is 2. The van der Waals surface area contributed by atoms with Crippen LogP contribution in [-0.4, -0.2) is 131 Å². The van der Waals surface area contributed by atoms with Crippen LogP contribution in [0, 0.1) is 36.4 Å². The lowest BCUT2D eigenvalue weighted by Crippen LogP contribution is -2.49. The average molecular weight is 944 g/mol. The molecule has 364 valence electrons. The molecule has 17 heteroatoms. The van der Waals surface area contributed by atoms with Gasteiger partial charge in [0.1, 0.15) is 29.3 Å². The number of anilines is 2. The summed E-state index contributed by atoms with van der Waals surface area (Å²) >= 11 is 0. The molecule has 4 aliphatic rings. The number of aliphatic hydroxyl groups excluding tert-OH is 1. The Kier molecular flexibility index (Phi) is 14.1. The molecule has 0 bridgehead atoms. The maximum atomic E-state index is 15.2. The van der Waals surface area contributed by atoms with Gasteiger partial charge in [-0.05, 0) is 142 Å². The molecule has 5 aromatic rings. The van der Waals surface area contributed by atoms with Gasteiger partial charge in [0.05, 0.1) is 31.2 Å². The number of methoxy groups -OCH3 is 1. The topological polar surface area (TPSA) is 186 Å². The van der Waals surface area contributed by atoms with E-state index in [0.717, 1.165) is 74.1 Å². The second-order valence-corrected chi connectivity index (χ2v) is 19.5. The molecule has 6 amide bonds. The Labute approximate surface area is 401 Å². The fourth-order valence-electron chi connectivity index (χ4n) is 10.4. The van der Waals surface area contributed by atoms with Crippen molar-refractivity contribution in [2.24, 2.45) is 23.7 Å². The van der Waals surface area contributed by atoms with E-state index in [1.54, 1.807) is 23.1 Å². The van der Waals surface area contributed by atoms with Gasteiger partial charge in [-0.3, -0.25) is 19.8 Å². The molecule has 4 saturated heterocycles. The van der Waals surface area contributed by atoms with Crippen molar-refractivity contribution >= 4 is 46.3 Å². The minimum absolute atomic E-state index is 0.00645. The Morgan fingerprint density at radius 3 is 2.39 bits per heavy atom. The van der Waals surface area contributed by atoms with Crippen LogP contribution in [0.4, 0.5) is 25.4 Å². The number of carbonyl (C=O) groups excluding carboxylic acids is 4. The molecule has 16 nitrogen and oxygen atoms in total. The van der Waals surface area contributed by atoms with Crippen LogP contribution < -0.4 is 25.0 Å². The van der Waals surface area contributed by atoms with Gasteiger partial charge in [-0.15, -0.1) is 0 Å². The van der Waals surface area contributed by atoms with Gasteiger partial charge < -0.3 is 39.6 Å². The number of piperidine rings is 2. The van der Waals surface area contributed by atoms with E-state index in [4.69, 9.17) is 9.47 Å². The second kappa shape index (κ2) is 20.6. The van der Waals surface area contributed by atoms with Crippen molar-refractivity contribution in [2.45, 2.75) is 65.4 Å². The quantitative estimate of drug-likeness (QED) is 0.0912. The summed E-state index contributed by atoms with van der Waals surface area (Å²) in [5, 5.41) is 16.5. The molecule has 2 atom stereocenters. The number of hydrogen-bond donors (Lipinski definition) is 4. The highest BCUT2D eigenvalue weighted by atomic mass is 19.1. The number of nitrogens with zero attached hydrogens (tertiary/aromatic N) is 6. The summed E-state index contributed by atoms with van der Waals surface area (Å²) in [6, 6.07) is 16.9. The summed E-state index contributed by atoms with van der Waals surface area (Å²) < 4.78 is 27.0. The highest BCUT2D eigenvalue weighted by Crippen LogP contribution is 2.37. The molecule has 0 aliphatic carbocycles. The van der Waals surface area contributed by atoms with Crippen LogP contribution in [0.3, 0.4) is 0 Å². The fourth-order valence-corrected chi connectivity index (χ4v) is 10.4. The first-order chi connectivity index (χ1) is 33.3. The molecule has 69 heavy (non-hydrogen) atoms. The van der Waals surface area contributed by atoms with Gasteiger partial charge in [-0.25, -0.2) is 23.9 Å². The number of hydrogen-bond acceptors (Lipinski definition) is 10. The van der Waals surface area contributed by atoms with Crippen LogP contribution in [0.5, 0.6) is 11.5 Å². The van der Waals surface area contributed by atoms with E-state index < -0.39 is 18.0 Å². The van der Waals surface area contributed by atoms with Crippen molar-refractivity contribution in [3.05, 3.63) is 83.9 Å². The molecule has 9 rings (SSSR count). The molecule has 4 aliphatic heterocycles. The molecule has 6 heterocycles. The number of β-amino-alcohol motifs (C(OH)–C–C–N with tert-alkyl or cyclic N) is 1. The minimum Gasteiger partial charge on any atom is -0.495 e. The number of imide groups is 1. The summed E-state index contributed by atoms with van der Waals surface area (Å²) in [4.78, 5) is 71.1. The predicted molar refractivity (Wildman–Crippen MR) is 261 cm³/mol. The fraction of sp³-hybridized carbons (Fsp3) is 0.462. The molecule has 0 radical (unpaired) electrons. The summed E-state index contributed by atoms with van der Waals surface area (Å²) in [5.41, 5.74) is 5.42. The average Bonchev–Trinajstić information content (AvgIpc) is 3.95. The van der Waals surface area contributed by atoms with Gasteiger partial charge in [-0.1, -0.05) is 13.8 Å². The Hall–Kier alpha value is -6.59. The van der Waals surface area contributed by atoms with Crippen molar-refractivity contribution in [1.82, 2.24) is 35.0 Å². The van der Waals surface area contributed by atoms with Gasteiger partial charge in [0.25, 0.3) is 5.91 Å². The van der Waals surface area contributed by atoms with Crippen molar-refractivity contribution in [3.63, 3.8) is 0 Å². The first kappa shape index (κ1) is 47.5. The predicted octanol–water partition coefficient (Wildman–Crippen LogP) is 7.71. The number of H-pyrrole nitrogens is 1.